The van der Waals surface area contributed by atoms with Gasteiger partial charge in [0.15, 0.2) is 6.61 Å². The monoisotopic (exact) mass is 393 g/mol. The lowest BCUT2D eigenvalue weighted by molar-refractivity contribution is -0.147. The molecule has 130 valence electrons. The van der Waals surface area contributed by atoms with Crippen LogP contribution < -0.4 is 4.90 Å². The molecule has 1 amide bonds. The maximum atomic E-state index is 12.8. The largest absolute Gasteiger partial charge is 0.456 e. The zero-order valence-corrected chi connectivity index (χ0v) is 15.9. The van der Waals surface area contributed by atoms with E-state index in [9.17, 15) is 9.59 Å². The summed E-state index contributed by atoms with van der Waals surface area (Å²) in [5, 5.41) is 0.550. The van der Waals surface area contributed by atoms with E-state index in [2.05, 4.69) is 0 Å². The van der Waals surface area contributed by atoms with Gasteiger partial charge in [-0.25, -0.2) is 0 Å². The van der Waals surface area contributed by atoms with Crippen LogP contribution in [0.4, 0.5) is 11.4 Å². The first-order valence-electron chi connectivity index (χ1n) is 7.64. The van der Waals surface area contributed by atoms with Gasteiger partial charge in [-0.1, -0.05) is 35.5 Å². The summed E-state index contributed by atoms with van der Waals surface area (Å²) >= 11 is 9.27. The molecule has 0 spiro atoms. The quantitative estimate of drug-likeness (QED) is 0.685. The molecule has 2 aromatic carbocycles. The number of fused-ring (bicyclic) bond motifs is 2. The van der Waals surface area contributed by atoms with Crippen molar-refractivity contribution in [3.8, 4) is 0 Å². The summed E-state index contributed by atoms with van der Waals surface area (Å²) in [5.74, 6) is 0.0109. The zero-order valence-electron chi connectivity index (χ0n) is 13.5. The first-order chi connectivity index (χ1) is 12.1. The van der Waals surface area contributed by atoms with Crippen molar-refractivity contribution in [2.45, 2.75) is 16.2 Å². The van der Waals surface area contributed by atoms with Gasteiger partial charge in [-0.2, -0.15) is 11.8 Å². The highest BCUT2D eigenvalue weighted by molar-refractivity contribution is 7.99. The molecule has 1 heterocycles. The van der Waals surface area contributed by atoms with E-state index in [-0.39, 0.29) is 18.5 Å². The molecule has 7 heteroatoms. The number of anilines is 2. The number of rotatable bonds is 5. The Labute approximate surface area is 159 Å². The molecule has 0 fully saturated rings. The van der Waals surface area contributed by atoms with E-state index < -0.39 is 0 Å². The van der Waals surface area contributed by atoms with Crippen molar-refractivity contribution in [1.29, 1.82) is 0 Å². The standard InChI is InChI=1S/C18H16ClNO3S2/c1-24-9-8-18(22)23-11-17(21)20-13-4-2-3-5-15(13)25-16-7-6-12(19)10-14(16)20/h2-7,10H,8-9,11H2,1H3. The molecule has 2 aromatic rings. The summed E-state index contributed by atoms with van der Waals surface area (Å²) in [7, 11) is 0. The average Bonchev–Trinajstić information content (AvgIpc) is 2.62. The van der Waals surface area contributed by atoms with Crippen molar-refractivity contribution in [2.75, 3.05) is 23.5 Å². The van der Waals surface area contributed by atoms with Crippen LogP contribution in [0, 0.1) is 0 Å². The van der Waals surface area contributed by atoms with Gasteiger partial charge in [0.25, 0.3) is 5.91 Å². The lowest BCUT2D eigenvalue weighted by atomic mass is 10.2. The maximum Gasteiger partial charge on any atom is 0.307 e. The Hall–Kier alpha value is -1.63. The van der Waals surface area contributed by atoms with E-state index in [0.717, 1.165) is 15.5 Å². The molecule has 0 unspecified atom stereocenters. The zero-order chi connectivity index (χ0) is 17.8. The Bertz CT molecular complexity index is 813. The number of nitrogens with zero attached hydrogens (tertiary/aromatic N) is 1. The highest BCUT2D eigenvalue weighted by Gasteiger charge is 2.28. The highest BCUT2D eigenvalue weighted by atomic mass is 35.5. The average molecular weight is 394 g/mol. The molecular weight excluding hydrogens is 378 g/mol. The minimum atomic E-state index is -0.367. The minimum absolute atomic E-state index is 0.293. The van der Waals surface area contributed by atoms with Crippen LogP contribution in [-0.4, -0.2) is 30.5 Å². The molecule has 0 saturated heterocycles. The number of carbonyl (C=O) groups excluding carboxylic acids is 2. The van der Waals surface area contributed by atoms with Crippen LogP contribution in [0.1, 0.15) is 6.42 Å². The number of ether oxygens (including phenoxy) is 1. The number of hydrogen-bond donors (Lipinski definition) is 0. The number of halogens is 1. The van der Waals surface area contributed by atoms with Gasteiger partial charge >= 0.3 is 5.97 Å². The second kappa shape index (κ2) is 8.17. The summed E-state index contributed by atoms with van der Waals surface area (Å²) in [4.78, 5) is 28.0. The molecule has 0 N–H and O–H groups in total. The molecule has 1 aliphatic rings. The summed E-state index contributed by atoms with van der Waals surface area (Å²) in [5.41, 5.74) is 1.48. The highest BCUT2D eigenvalue weighted by Crippen LogP contribution is 2.48. The van der Waals surface area contributed by atoms with Gasteiger partial charge in [-0.05, 0) is 36.6 Å². The van der Waals surface area contributed by atoms with Crippen LogP contribution in [0.5, 0.6) is 0 Å². The van der Waals surface area contributed by atoms with E-state index in [1.165, 1.54) is 0 Å². The molecule has 0 bridgehead atoms. The van der Waals surface area contributed by atoms with E-state index in [4.69, 9.17) is 16.3 Å². The minimum Gasteiger partial charge on any atom is -0.456 e. The molecular formula is C18H16ClNO3S2. The summed E-state index contributed by atoms with van der Waals surface area (Å²) < 4.78 is 5.14. The summed E-state index contributed by atoms with van der Waals surface area (Å²) in [6.45, 7) is -0.293. The van der Waals surface area contributed by atoms with Crippen molar-refractivity contribution < 1.29 is 14.3 Å². The molecule has 3 rings (SSSR count). The van der Waals surface area contributed by atoms with E-state index in [1.54, 1.807) is 40.6 Å². The number of para-hydroxylation sites is 1. The van der Waals surface area contributed by atoms with Gasteiger partial charge in [0, 0.05) is 20.6 Å². The van der Waals surface area contributed by atoms with Crippen molar-refractivity contribution >= 4 is 58.4 Å². The number of esters is 1. The molecule has 0 radical (unpaired) electrons. The van der Waals surface area contributed by atoms with Crippen molar-refractivity contribution in [2.24, 2.45) is 0 Å². The maximum absolute atomic E-state index is 12.8. The van der Waals surface area contributed by atoms with E-state index >= 15 is 0 Å². The van der Waals surface area contributed by atoms with Crippen molar-refractivity contribution in [1.82, 2.24) is 0 Å². The molecule has 4 nitrogen and oxygen atoms in total. The van der Waals surface area contributed by atoms with Crippen molar-refractivity contribution in [3.63, 3.8) is 0 Å². The Kier molecular flexibility index (Phi) is 5.93. The Morgan fingerprint density at radius 1 is 1.16 bits per heavy atom. The number of hydrogen-bond acceptors (Lipinski definition) is 5. The van der Waals surface area contributed by atoms with Crippen LogP contribution in [0.2, 0.25) is 5.02 Å². The third-order valence-electron chi connectivity index (χ3n) is 3.60. The molecule has 25 heavy (non-hydrogen) atoms. The third kappa shape index (κ3) is 4.14. The Morgan fingerprint density at radius 2 is 1.92 bits per heavy atom. The predicted molar refractivity (Wildman–Crippen MR) is 103 cm³/mol. The van der Waals surface area contributed by atoms with Gasteiger partial charge in [-0.15, -0.1) is 0 Å². The van der Waals surface area contributed by atoms with Gasteiger partial charge in [0.1, 0.15) is 0 Å². The second-order valence-corrected chi connectivity index (χ2v) is 7.82. The van der Waals surface area contributed by atoms with Crippen molar-refractivity contribution in [3.05, 3.63) is 47.5 Å². The fourth-order valence-corrected chi connectivity index (χ4v) is 4.04. The normalized spacial score (nSPS) is 12.3. The topological polar surface area (TPSA) is 46.6 Å². The SMILES string of the molecule is CSCCC(=O)OCC(=O)N1c2ccccc2Sc2ccc(Cl)cc21. The van der Waals surface area contributed by atoms with Crippen LogP contribution in [0.3, 0.4) is 0 Å². The lowest BCUT2D eigenvalue weighted by Gasteiger charge is -2.31. The molecule has 0 atom stereocenters. The summed E-state index contributed by atoms with van der Waals surface area (Å²) in [6.07, 6.45) is 2.21. The van der Waals surface area contributed by atoms with Crippen LogP contribution in [0.25, 0.3) is 0 Å². The van der Waals surface area contributed by atoms with E-state index in [1.807, 2.05) is 36.6 Å². The third-order valence-corrected chi connectivity index (χ3v) is 5.58. The molecule has 0 aromatic heterocycles. The predicted octanol–water partition coefficient (Wildman–Crippen LogP) is 4.77. The van der Waals surface area contributed by atoms with Gasteiger partial charge in [0.05, 0.1) is 17.8 Å². The fraction of sp³-hybridized carbons (Fsp3) is 0.222. The first kappa shape index (κ1) is 18.2. The molecule has 0 saturated carbocycles. The first-order valence-corrected chi connectivity index (χ1v) is 10.2. The second-order valence-electron chi connectivity index (χ2n) is 5.31. The molecule has 1 aliphatic heterocycles. The Balaban J connectivity index is 1.86. The van der Waals surface area contributed by atoms with Gasteiger partial charge < -0.3 is 4.74 Å². The smallest absolute Gasteiger partial charge is 0.307 e. The van der Waals surface area contributed by atoms with Gasteiger partial charge in [-0.3, -0.25) is 14.5 Å². The molecule has 0 aliphatic carbocycles. The number of amides is 1. The van der Waals surface area contributed by atoms with E-state index in [0.29, 0.717) is 22.9 Å². The lowest BCUT2D eigenvalue weighted by Crippen LogP contribution is -2.32. The fourth-order valence-electron chi connectivity index (χ4n) is 2.46. The number of carbonyl (C=O) groups is 2. The van der Waals surface area contributed by atoms with Crippen LogP contribution in [-0.2, 0) is 14.3 Å². The number of thioether (sulfide) groups is 1. The van der Waals surface area contributed by atoms with Crippen LogP contribution >= 0.6 is 35.1 Å². The Morgan fingerprint density at radius 3 is 2.72 bits per heavy atom. The number of benzene rings is 2. The van der Waals surface area contributed by atoms with Crippen LogP contribution in [0.15, 0.2) is 52.3 Å². The summed E-state index contributed by atoms with van der Waals surface area (Å²) in [6, 6.07) is 13.1. The van der Waals surface area contributed by atoms with Gasteiger partial charge in [0.2, 0.25) is 0 Å².